The van der Waals surface area contributed by atoms with Gasteiger partial charge in [-0.05, 0) is 19.1 Å². The summed E-state index contributed by atoms with van der Waals surface area (Å²) in [6.45, 7) is 1.54. The van der Waals surface area contributed by atoms with Crippen molar-refractivity contribution in [2.45, 2.75) is 11.8 Å². The molecule has 1 aromatic rings. The number of rotatable bonds is 4. The van der Waals surface area contributed by atoms with Crippen molar-refractivity contribution in [2.24, 2.45) is 0 Å². The fourth-order valence-corrected chi connectivity index (χ4v) is 2.98. The molecule has 0 atom stereocenters. The monoisotopic (exact) mass is 293 g/mol. The third-order valence-corrected chi connectivity index (χ3v) is 3.89. The Morgan fingerprint density at radius 3 is 2.70 bits per heavy atom. The molecule has 1 aliphatic rings. The van der Waals surface area contributed by atoms with Gasteiger partial charge >= 0.3 is 5.97 Å². The van der Waals surface area contributed by atoms with Crippen LogP contribution in [0.1, 0.15) is 6.92 Å². The third kappa shape index (κ3) is 2.96. The number of fused-ring (bicyclic) bond motifs is 1. The molecule has 0 spiro atoms. The van der Waals surface area contributed by atoms with Crippen molar-refractivity contribution >= 4 is 29.2 Å². The Kier molecular flexibility index (Phi) is 4.34. The quantitative estimate of drug-likeness (QED) is 0.626. The van der Waals surface area contributed by atoms with Crippen LogP contribution in [0.15, 0.2) is 34.2 Å². The van der Waals surface area contributed by atoms with Crippen LogP contribution < -0.4 is 9.64 Å². The lowest BCUT2D eigenvalue weighted by Gasteiger charge is -2.19. The first-order valence-corrected chi connectivity index (χ1v) is 6.79. The first kappa shape index (κ1) is 14.5. The first-order chi connectivity index (χ1) is 9.55. The Morgan fingerprint density at radius 1 is 1.35 bits per heavy atom. The summed E-state index contributed by atoms with van der Waals surface area (Å²) in [6, 6.07) is 5.59. The number of esters is 1. The zero-order valence-corrected chi connectivity index (χ0v) is 12.3. The summed E-state index contributed by atoms with van der Waals surface area (Å²) in [6.07, 6.45) is 1.51. The van der Waals surface area contributed by atoms with Gasteiger partial charge in [0.1, 0.15) is 12.3 Å². The number of anilines is 1. The molecule has 0 saturated carbocycles. The zero-order chi connectivity index (χ0) is 14.7. The summed E-state index contributed by atoms with van der Waals surface area (Å²) < 4.78 is 9.90. The highest BCUT2D eigenvalue weighted by Gasteiger charge is 2.28. The van der Waals surface area contributed by atoms with Crippen molar-refractivity contribution < 1.29 is 19.1 Å². The molecule has 6 heteroatoms. The molecule has 1 heterocycles. The molecule has 0 unspecified atom stereocenters. The van der Waals surface area contributed by atoms with E-state index >= 15 is 0 Å². The number of benzene rings is 1. The van der Waals surface area contributed by atoms with Crippen LogP contribution in [0, 0.1) is 0 Å². The van der Waals surface area contributed by atoms with Gasteiger partial charge in [-0.1, -0.05) is 11.8 Å². The number of hydrogen-bond acceptors (Lipinski definition) is 6. The number of ketones is 1. The molecule has 1 aliphatic heterocycles. The van der Waals surface area contributed by atoms with Gasteiger partial charge in [0.2, 0.25) is 0 Å². The predicted molar refractivity (Wildman–Crippen MR) is 77.0 cm³/mol. The number of carbonyl (C=O) groups excluding carboxylic acids is 2. The van der Waals surface area contributed by atoms with Gasteiger partial charge in [-0.2, -0.15) is 0 Å². The van der Waals surface area contributed by atoms with Crippen LogP contribution in [0.2, 0.25) is 0 Å². The molecule has 106 valence electrons. The van der Waals surface area contributed by atoms with Gasteiger partial charge in [-0.25, -0.2) is 0 Å². The number of carbonyl (C=O) groups is 2. The van der Waals surface area contributed by atoms with Gasteiger partial charge in [0.25, 0.3) is 0 Å². The number of methoxy groups -OCH3 is 2. The van der Waals surface area contributed by atoms with Crippen molar-refractivity contribution in [3.05, 3.63) is 29.3 Å². The van der Waals surface area contributed by atoms with Gasteiger partial charge in [0.05, 0.1) is 24.9 Å². The number of ether oxygens (including phenoxy) is 2. The summed E-state index contributed by atoms with van der Waals surface area (Å²) in [5, 5.41) is 0.714. The maximum Gasteiger partial charge on any atom is 0.325 e. The minimum atomic E-state index is -0.365. The first-order valence-electron chi connectivity index (χ1n) is 5.97. The molecule has 0 bridgehead atoms. The van der Waals surface area contributed by atoms with Crippen molar-refractivity contribution in [1.29, 1.82) is 0 Å². The second-order valence-electron chi connectivity index (χ2n) is 4.19. The van der Waals surface area contributed by atoms with Crippen LogP contribution in [0.25, 0.3) is 0 Å². The molecule has 0 aromatic heterocycles. The summed E-state index contributed by atoms with van der Waals surface area (Å²) in [5.74, 6) is 0.265. The predicted octanol–water partition coefficient (Wildman–Crippen LogP) is 2.21. The second-order valence-corrected chi connectivity index (χ2v) is 5.25. The molecule has 20 heavy (non-hydrogen) atoms. The molecular formula is C14H15NO4S. The highest BCUT2D eigenvalue weighted by molar-refractivity contribution is 8.03. The SMILES string of the molecule is COC(=O)CN1/C(=C/C(C)=O)Sc2ccc(OC)cc21. The van der Waals surface area contributed by atoms with Crippen LogP contribution in [-0.2, 0) is 14.3 Å². The van der Waals surface area contributed by atoms with Crippen molar-refractivity contribution in [3.8, 4) is 5.75 Å². The van der Waals surface area contributed by atoms with E-state index in [0.29, 0.717) is 10.8 Å². The van der Waals surface area contributed by atoms with E-state index in [1.165, 1.54) is 31.9 Å². The molecule has 2 rings (SSSR count). The molecule has 0 radical (unpaired) electrons. The van der Waals surface area contributed by atoms with E-state index in [2.05, 4.69) is 0 Å². The lowest BCUT2D eigenvalue weighted by molar-refractivity contribution is -0.138. The van der Waals surface area contributed by atoms with Gasteiger partial charge < -0.3 is 14.4 Å². The van der Waals surface area contributed by atoms with E-state index in [-0.39, 0.29) is 18.3 Å². The van der Waals surface area contributed by atoms with E-state index in [1.807, 2.05) is 18.2 Å². The average Bonchev–Trinajstić information content (AvgIpc) is 2.75. The molecule has 0 saturated heterocycles. The minimum Gasteiger partial charge on any atom is -0.497 e. The van der Waals surface area contributed by atoms with Gasteiger partial charge in [-0.3, -0.25) is 9.59 Å². The van der Waals surface area contributed by atoms with Gasteiger partial charge in [0, 0.05) is 17.0 Å². The van der Waals surface area contributed by atoms with Crippen LogP contribution in [0.3, 0.4) is 0 Å². The standard InChI is InChI=1S/C14H15NO4S/c1-9(16)6-13-15(8-14(17)19-3)11-7-10(18-2)4-5-12(11)20-13/h4-7H,8H2,1-3H3/b13-6-. The van der Waals surface area contributed by atoms with E-state index in [4.69, 9.17) is 9.47 Å². The Labute approximate surface area is 121 Å². The Bertz CT molecular complexity index is 583. The Hall–Kier alpha value is -1.95. The van der Waals surface area contributed by atoms with E-state index in [0.717, 1.165) is 10.6 Å². The Morgan fingerprint density at radius 2 is 2.10 bits per heavy atom. The third-order valence-electron chi connectivity index (χ3n) is 2.78. The van der Waals surface area contributed by atoms with Gasteiger partial charge in [-0.15, -0.1) is 0 Å². The van der Waals surface area contributed by atoms with Crippen LogP contribution in [-0.4, -0.2) is 32.5 Å². The van der Waals surface area contributed by atoms with Crippen LogP contribution in [0.5, 0.6) is 5.75 Å². The summed E-state index contributed by atoms with van der Waals surface area (Å²) in [5.41, 5.74) is 0.840. The normalized spacial score (nSPS) is 15.2. The molecular weight excluding hydrogens is 278 g/mol. The fraction of sp³-hybridized carbons (Fsp3) is 0.286. The topological polar surface area (TPSA) is 55.8 Å². The fourth-order valence-electron chi connectivity index (χ4n) is 1.85. The van der Waals surface area contributed by atoms with E-state index in [9.17, 15) is 9.59 Å². The lowest BCUT2D eigenvalue weighted by Crippen LogP contribution is -2.27. The van der Waals surface area contributed by atoms with Crippen molar-refractivity contribution in [2.75, 3.05) is 25.7 Å². The average molecular weight is 293 g/mol. The lowest BCUT2D eigenvalue weighted by atomic mass is 10.2. The molecule has 0 fully saturated rings. The largest absolute Gasteiger partial charge is 0.497 e. The molecule has 0 aliphatic carbocycles. The van der Waals surface area contributed by atoms with Gasteiger partial charge in [0.15, 0.2) is 5.78 Å². The smallest absolute Gasteiger partial charge is 0.325 e. The van der Waals surface area contributed by atoms with Crippen LogP contribution in [0.4, 0.5) is 5.69 Å². The molecule has 0 N–H and O–H groups in total. The Balaban J connectivity index is 2.41. The van der Waals surface area contributed by atoms with Crippen molar-refractivity contribution in [3.63, 3.8) is 0 Å². The minimum absolute atomic E-state index is 0.0583. The highest BCUT2D eigenvalue weighted by Crippen LogP contribution is 2.47. The number of allylic oxidation sites excluding steroid dienone is 1. The zero-order valence-electron chi connectivity index (χ0n) is 11.5. The van der Waals surface area contributed by atoms with Crippen molar-refractivity contribution in [1.82, 2.24) is 0 Å². The maximum atomic E-state index is 11.5. The number of thioether (sulfide) groups is 1. The summed E-state index contributed by atoms with van der Waals surface area (Å²) in [7, 11) is 2.92. The molecule has 5 nitrogen and oxygen atoms in total. The highest BCUT2D eigenvalue weighted by atomic mass is 32.2. The molecule has 0 amide bonds. The maximum absolute atomic E-state index is 11.5. The molecule has 1 aromatic carbocycles. The van der Waals surface area contributed by atoms with E-state index in [1.54, 1.807) is 12.0 Å². The van der Waals surface area contributed by atoms with Crippen LogP contribution >= 0.6 is 11.8 Å². The summed E-state index contributed by atoms with van der Waals surface area (Å²) in [4.78, 5) is 25.6. The summed E-state index contributed by atoms with van der Waals surface area (Å²) >= 11 is 1.45. The second kappa shape index (κ2) is 6.00. The number of hydrogen-bond donors (Lipinski definition) is 0. The number of nitrogens with zero attached hydrogens (tertiary/aromatic N) is 1. The van der Waals surface area contributed by atoms with E-state index < -0.39 is 0 Å².